The van der Waals surface area contributed by atoms with E-state index in [1.165, 1.54) is 11.1 Å². The quantitative estimate of drug-likeness (QED) is 0.704. The van der Waals surface area contributed by atoms with Crippen molar-refractivity contribution < 1.29 is 0 Å². The average molecular weight is 195 g/mol. The van der Waals surface area contributed by atoms with Gasteiger partial charge in [-0.05, 0) is 31.7 Å². The number of hydrogen-bond acceptors (Lipinski definition) is 2. The van der Waals surface area contributed by atoms with E-state index in [1.54, 1.807) is 0 Å². The van der Waals surface area contributed by atoms with E-state index >= 15 is 0 Å². The van der Waals surface area contributed by atoms with Crippen molar-refractivity contribution in [2.24, 2.45) is 0 Å². The molecule has 1 nitrogen and oxygen atoms in total. The fourth-order valence-electron chi connectivity index (χ4n) is 1.49. The SMILES string of the molecule is CNC(CCS)c1cccc(C)c1. The van der Waals surface area contributed by atoms with E-state index in [-0.39, 0.29) is 0 Å². The molecule has 1 atom stereocenters. The van der Waals surface area contributed by atoms with Crippen molar-refractivity contribution in [3.63, 3.8) is 0 Å². The van der Waals surface area contributed by atoms with Crippen LogP contribution in [0.5, 0.6) is 0 Å². The highest BCUT2D eigenvalue weighted by atomic mass is 32.1. The third-order valence-corrected chi connectivity index (χ3v) is 2.47. The lowest BCUT2D eigenvalue weighted by molar-refractivity contribution is 0.581. The lowest BCUT2D eigenvalue weighted by atomic mass is 10.0. The molecule has 0 spiro atoms. The van der Waals surface area contributed by atoms with E-state index in [0.29, 0.717) is 6.04 Å². The van der Waals surface area contributed by atoms with Gasteiger partial charge in [0.05, 0.1) is 0 Å². The van der Waals surface area contributed by atoms with Gasteiger partial charge in [0.1, 0.15) is 0 Å². The molecule has 1 aromatic rings. The highest BCUT2D eigenvalue weighted by molar-refractivity contribution is 7.80. The molecule has 0 aromatic heterocycles. The number of nitrogens with one attached hydrogen (secondary N) is 1. The Morgan fingerprint density at radius 1 is 1.46 bits per heavy atom. The van der Waals surface area contributed by atoms with Gasteiger partial charge in [-0.2, -0.15) is 12.6 Å². The van der Waals surface area contributed by atoms with Crippen molar-refractivity contribution in [1.29, 1.82) is 0 Å². The first-order valence-electron chi connectivity index (χ1n) is 4.62. The standard InChI is InChI=1S/C11H17NS/c1-9-4-3-5-10(8-9)11(12-2)6-7-13/h3-5,8,11-13H,6-7H2,1-2H3. The van der Waals surface area contributed by atoms with Gasteiger partial charge in [-0.3, -0.25) is 0 Å². The van der Waals surface area contributed by atoms with Crippen LogP contribution < -0.4 is 5.32 Å². The predicted molar refractivity (Wildman–Crippen MR) is 61.4 cm³/mol. The average Bonchev–Trinajstić information content (AvgIpc) is 2.14. The summed E-state index contributed by atoms with van der Waals surface area (Å²) in [6.45, 7) is 2.12. The molecule has 0 saturated heterocycles. The van der Waals surface area contributed by atoms with Crippen molar-refractivity contribution in [1.82, 2.24) is 5.32 Å². The Morgan fingerprint density at radius 2 is 2.23 bits per heavy atom. The minimum Gasteiger partial charge on any atom is -0.313 e. The molecule has 0 radical (unpaired) electrons. The molecule has 0 aliphatic carbocycles. The second kappa shape index (κ2) is 5.30. The van der Waals surface area contributed by atoms with Gasteiger partial charge in [-0.15, -0.1) is 0 Å². The fourth-order valence-corrected chi connectivity index (χ4v) is 1.75. The number of thiol groups is 1. The topological polar surface area (TPSA) is 12.0 Å². The van der Waals surface area contributed by atoms with Crippen LogP contribution >= 0.6 is 12.6 Å². The minimum absolute atomic E-state index is 0.442. The molecule has 1 N–H and O–H groups in total. The van der Waals surface area contributed by atoms with Gasteiger partial charge in [0.25, 0.3) is 0 Å². The molecule has 0 amide bonds. The molecule has 0 aliphatic heterocycles. The molecule has 2 heteroatoms. The monoisotopic (exact) mass is 195 g/mol. The summed E-state index contributed by atoms with van der Waals surface area (Å²) in [5.41, 5.74) is 2.67. The summed E-state index contributed by atoms with van der Waals surface area (Å²) in [6, 6.07) is 9.06. The van der Waals surface area contributed by atoms with Crippen LogP contribution in [-0.2, 0) is 0 Å². The molecule has 72 valence electrons. The van der Waals surface area contributed by atoms with Gasteiger partial charge in [0.15, 0.2) is 0 Å². The second-order valence-electron chi connectivity index (χ2n) is 3.27. The Kier molecular flexibility index (Phi) is 4.33. The number of benzene rings is 1. The van der Waals surface area contributed by atoms with Gasteiger partial charge in [-0.25, -0.2) is 0 Å². The van der Waals surface area contributed by atoms with Crippen LogP contribution in [0.3, 0.4) is 0 Å². The summed E-state index contributed by atoms with van der Waals surface area (Å²) in [7, 11) is 2.00. The molecule has 0 bridgehead atoms. The smallest absolute Gasteiger partial charge is 0.0325 e. The Morgan fingerprint density at radius 3 is 2.77 bits per heavy atom. The zero-order chi connectivity index (χ0) is 9.68. The van der Waals surface area contributed by atoms with Gasteiger partial charge >= 0.3 is 0 Å². The maximum absolute atomic E-state index is 4.25. The van der Waals surface area contributed by atoms with Crippen molar-refractivity contribution in [3.05, 3.63) is 35.4 Å². The first kappa shape index (κ1) is 10.6. The summed E-state index contributed by atoms with van der Waals surface area (Å²) < 4.78 is 0. The third kappa shape index (κ3) is 3.05. The van der Waals surface area contributed by atoms with Gasteiger partial charge in [0.2, 0.25) is 0 Å². The van der Waals surface area contributed by atoms with Crippen molar-refractivity contribution in [3.8, 4) is 0 Å². The number of aryl methyl sites for hydroxylation is 1. The predicted octanol–water partition coefficient (Wildman–Crippen LogP) is 2.58. The lowest BCUT2D eigenvalue weighted by Crippen LogP contribution is -2.16. The molecular formula is C11H17NS. The third-order valence-electron chi connectivity index (χ3n) is 2.21. The van der Waals surface area contributed by atoms with E-state index in [0.717, 1.165) is 12.2 Å². The molecule has 1 unspecified atom stereocenters. The molecule has 13 heavy (non-hydrogen) atoms. The van der Waals surface area contributed by atoms with E-state index in [4.69, 9.17) is 0 Å². The number of hydrogen-bond donors (Lipinski definition) is 2. The molecule has 1 rings (SSSR count). The highest BCUT2D eigenvalue weighted by Crippen LogP contribution is 2.17. The van der Waals surface area contributed by atoms with Gasteiger partial charge in [-0.1, -0.05) is 29.8 Å². The molecule has 1 aromatic carbocycles. The summed E-state index contributed by atoms with van der Waals surface area (Å²) in [6.07, 6.45) is 1.07. The molecule has 0 heterocycles. The van der Waals surface area contributed by atoms with Crippen molar-refractivity contribution >= 4 is 12.6 Å². The van der Waals surface area contributed by atoms with Crippen molar-refractivity contribution in [2.45, 2.75) is 19.4 Å². The van der Waals surface area contributed by atoms with Crippen LogP contribution in [0.4, 0.5) is 0 Å². The Balaban J connectivity index is 2.78. The first-order valence-corrected chi connectivity index (χ1v) is 5.26. The Labute approximate surface area is 86.0 Å². The van der Waals surface area contributed by atoms with Crippen LogP contribution in [0.2, 0.25) is 0 Å². The van der Waals surface area contributed by atoms with E-state index in [1.807, 2.05) is 7.05 Å². The maximum Gasteiger partial charge on any atom is 0.0325 e. The van der Waals surface area contributed by atoms with E-state index in [9.17, 15) is 0 Å². The second-order valence-corrected chi connectivity index (χ2v) is 3.71. The largest absolute Gasteiger partial charge is 0.313 e. The van der Waals surface area contributed by atoms with Crippen LogP contribution in [0, 0.1) is 6.92 Å². The molecule has 0 fully saturated rings. The highest BCUT2D eigenvalue weighted by Gasteiger charge is 2.06. The van der Waals surface area contributed by atoms with Crippen LogP contribution in [0.25, 0.3) is 0 Å². The van der Waals surface area contributed by atoms with E-state index < -0.39 is 0 Å². The van der Waals surface area contributed by atoms with Crippen LogP contribution in [-0.4, -0.2) is 12.8 Å². The summed E-state index contributed by atoms with van der Waals surface area (Å²) in [5.74, 6) is 0.916. The zero-order valence-electron chi connectivity index (χ0n) is 8.25. The summed E-state index contributed by atoms with van der Waals surface area (Å²) in [4.78, 5) is 0. The van der Waals surface area contributed by atoms with Crippen LogP contribution in [0.1, 0.15) is 23.6 Å². The normalized spacial score (nSPS) is 12.8. The van der Waals surface area contributed by atoms with E-state index in [2.05, 4.69) is 49.1 Å². The number of rotatable bonds is 4. The maximum atomic E-state index is 4.25. The van der Waals surface area contributed by atoms with Crippen molar-refractivity contribution in [2.75, 3.05) is 12.8 Å². The summed E-state index contributed by atoms with van der Waals surface area (Å²) in [5, 5.41) is 3.30. The minimum atomic E-state index is 0.442. The summed E-state index contributed by atoms with van der Waals surface area (Å²) >= 11 is 4.25. The molecular weight excluding hydrogens is 178 g/mol. The Bertz CT molecular complexity index is 260. The van der Waals surface area contributed by atoms with Crippen LogP contribution in [0.15, 0.2) is 24.3 Å². The molecule has 0 saturated carbocycles. The molecule has 0 aliphatic rings. The Hall–Kier alpha value is -0.470. The van der Waals surface area contributed by atoms with Gasteiger partial charge < -0.3 is 5.32 Å². The fraction of sp³-hybridized carbons (Fsp3) is 0.455. The first-order chi connectivity index (χ1) is 6.27. The van der Waals surface area contributed by atoms with Gasteiger partial charge in [0, 0.05) is 6.04 Å². The zero-order valence-corrected chi connectivity index (χ0v) is 9.14. The lowest BCUT2D eigenvalue weighted by Gasteiger charge is -2.15.